The number of aromatic nitrogens is 2. The van der Waals surface area contributed by atoms with E-state index in [4.69, 9.17) is 4.74 Å². The molecular weight excluding hydrogens is 314 g/mol. The second-order valence-corrected chi connectivity index (χ2v) is 6.02. The first-order chi connectivity index (χ1) is 12.3. The number of amides is 1. The summed E-state index contributed by atoms with van der Waals surface area (Å²) in [5.74, 6) is 0.663. The highest BCUT2D eigenvalue weighted by Gasteiger charge is 2.33. The first kappa shape index (κ1) is 15.4. The summed E-state index contributed by atoms with van der Waals surface area (Å²) < 4.78 is 5.66. The number of aromatic amines is 1. The van der Waals surface area contributed by atoms with Crippen molar-refractivity contribution in [3.05, 3.63) is 83.9 Å². The minimum absolute atomic E-state index is 0.0209. The van der Waals surface area contributed by atoms with Gasteiger partial charge in [-0.3, -0.25) is 4.79 Å². The molecule has 126 valence electrons. The molecule has 1 amide bonds. The van der Waals surface area contributed by atoms with E-state index < -0.39 is 0 Å². The summed E-state index contributed by atoms with van der Waals surface area (Å²) in [6.45, 7) is 0.666. The molecule has 2 aromatic carbocycles. The molecule has 0 saturated carbocycles. The van der Waals surface area contributed by atoms with E-state index in [0.717, 1.165) is 23.4 Å². The van der Waals surface area contributed by atoms with E-state index in [1.54, 1.807) is 6.33 Å². The minimum atomic E-state index is -0.178. The molecule has 0 bridgehead atoms. The Morgan fingerprint density at radius 1 is 1.12 bits per heavy atom. The zero-order valence-electron chi connectivity index (χ0n) is 13.8. The Kier molecular flexibility index (Phi) is 4.21. The van der Waals surface area contributed by atoms with E-state index in [0.29, 0.717) is 12.3 Å². The van der Waals surface area contributed by atoms with Crippen LogP contribution in [-0.4, -0.2) is 33.9 Å². The zero-order chi connectivity index (χ0) is 17.1. The molecule has 1 aromatic heterocycles. The highest BCUT2D eigenvalue weighted by Crippen LogP contribution is 2.33. The van der Waals surface area contributed by atoms with Crippen LogP contribution < -0.4 is 4.74 Å². The quantitative estimate of drug-likeness (QED) is 0.798. The Bertz CT molecular complexity index is 846. The maximum Gasteiger partial charge on any atom is 0.261 e. The number of para-hydroxylation sites is 1. The molecule has 4 rings (SSSR count). The van der Waals surface area contributed by atoms with Gasteiger partial charge in [0.15, 0.2) is 6.61 Å². The van der Waals surface area contributed by atoms with Crippen molar-refractivity contribution < 1.29 is 9.53 Å². The minimum Gasteiger partial charge on any atom is -0.484 e. The summed E-state index contributed by atoms with van der Waals surface area (Å²) in [6.07, 6.45) is 2.48. The fraction of sp³-hybridized carbons (Fsp3) is 0.200. The van der Waals surface area contributed by atoms with Crippen molar-refractivity contribution in [3.63, 3.8) is 0 Å². The van der Waals surface area contributed by atoms with Gasteiger partial charge < -0.3 is 14.6 Å². The van der Waals surface area contributed by atoms with Gasteiger partial charge in [0.05, 0.1) is 12.0 Å². The molecule has 25 heavy (non-hydrogen) atoms. The maximum absolute atomic E-state index is 12.8. The largest absolute Gasteiger partial charge is 0.484 e. The number of H-pyrrole nitrogens is 1. The van der Waals surface area contributed by atoms with Gasteiger partial charge in [-0.15, -0.1) is 0 Å². The Hall–Kier alpha value is -3.08. The monoisotopic (exact) mass is 333 g/mol. The molecule has 1 aliphatic rings. The number of imidazole rings is 1. The van der Waals surface area contributed by atoms with Crippen molar-refractivity contribution in [3.8, 4) is 5.75 Å². The van der Waals surface area contributed by atoms with Crippen molar-refractivity contribution in [1.29, 1.82) is 0 Å². The van der Waals surface area contributed by atoms with E-state index in [9.17, 15) is 4.79 Å². The fourth-order valence-corrected chi connectivity index (χ4v) is 3.26. The Morgan fingerprint density at radius 2 is 1.84 bits per heavy atom. The number of hydrogen-bond donors (Lipinski definition) is 1. The Morgan fingerprint density at radius 3 is 2.60 bits per heavy atom. The number of nitrogens with one attached hydrogen (secondary N) is 1. The average molecular weight is 333 g/mol. The first-order valence-corrected chi connectivity index (χ1v) is 8.37. The van der Waals surface area contributed by atoms with Crippen LogP contribution in [0.1, 0.15) is 23.0 Å². The predicted molar refractivity (Wildman–Crippen MR) is 94.2 cm³/mol. The topological polar surface area (TPSA) is 58.2 Å². The maximum atomic E-state index is 12.8. The van der Waals surface area contributed by atoms with Crippen LogP contribution in [-0.2, 0) is 11.2 Å². The predicted octanol–water partition coefficient (Wildman–Crippen LogP) is 2.96. The van der Waals surface area contributed by atoms with Crippen LogP contribution in [0.4, 0.5) is 0 Å². The second kappa shape index (κ2) is 6.81. The first-order valence-electron chi connectivity index (χ1n) is 8.37. The van der Waals surface area contributed by atoms with Gasteiger partial charge in [-0.05, 0) is 17.7 Å². The standard InChI is InChI=1S/C20H19N3O2/c24-18(13-25-16-9-5-2-6-10-16)23-12-11-17-19(22-14-21-17)20(23)15-7-3-1-4-8-15/h1-10,14,20H,11-13H2,(H,21,22). The van der Waals surface area contributed by atoms with Crippen LogP contribution in [0.25, 0.3) is 0 Å². The van der Waals surface area contributed by atoms with Gasteiger partial charge in [-0.2, -0.15) is 0 Å². The third-order valence-corrected chi connectivity index (χ3v) is 4.47. The van der Waals surface area contributed by atoms with E-state index in [2.05, 4.69) is 9.97 Å². The van der Waals surface area contributed by atoms with Crippen molar-refractivity contribution in [1.82, 2.24) is 14.9 Å². The third kappa shape index (κ3) is 3.13. The summed E-state index contributed by atoms with van der Waals surface area (Å²) in [4.78, 5) is 22.4. The second-order valence-electron chi connectivity index (χ2n) is 6.02. The molecule has 1 unspecified atom stereocenters. The average Bonchev–Trinajstić information content (AvgIpc) is 3.15. The van der Waals surface area contributed by atoms with E-state index in [1.807, 2.05) is 65.6 Å². The van der Waals surface area contributed by atoms with Gasteiger partial charge in [0, 0.05) is 18.7 Å². The van der Waals surface area contributed by atoms with Gasteiger partial charge in [0.1, 0.15) is 11.8 Å². The normalized spacial score (nSPS) is 16.3. The van der Waals surface area contributed by atoms with Crippen LogP contribution in [0, 0.1) is 0 Å². The lowest BCUT2D eigenvalue weighted by Crippen LogP contribution is -2.43. The SMILES string of the molecule is O=C(COc1ccccc1)N1CCc2[nH]cnc2C1c1ccccc1. The number of ether oxygens (including phenoxy) is 1. The van der Waals surface area contributed by atoms with Gasteiger partial charge in [0.25, 0.3) is 5.91 Å². The third-order valence-electron chi connectivity index (χ3n) is 4.47. The van der Waals surface area contributed by atoms with Crippen molar-refractivity contribution in [2.75, 3.05) is 13.2 Å². The Labute approximate surface area is 146 Å². The molecule has 0 saturated heterocycles. The van der Waals surface area contributed by atoms with Gasteiger partial charge in [0.2, 0.25) is 0 Å². The van der Waals surface area contributed by atoms with Gasteiger partial charge in [-0.1, -0.05) is 48.5 Å². The summed E-state index contributed by atoms with van der Waals surface area (Å²) in [7, 11) is 0. The zero-order valence-corrected chi connectivity index (χ0v) is 13.8. The van der Waals surface area contributed by atoms with Crippen LogP contribution in [0.2, 0.25) is 0 Å². The van der Waals surface area contributed by atoms with Crippen LogP contribution in [0.3, 0.4) is 0 Å². The number of fused-ring (bicyclic) bond motifs is 1. The number of carbonyl (C=O) groups is 1. The van der Waals surface area contributed by atoms with E-state index in [-0.39, 0.29) is 18.6 Å². The summed E-state index contributed by atoms with van der Waals surface area (Å²) in [5, 5.41) is 0. The van der Waals surface area contributed by atoms with Crippen molar-refractivity contribution in [2.45, 2.75) is 12.5 Å². The van der Waals surface area contributed by atoms with Crippen molar-refractivity contribution >= 4 is 5.91 Å². The number of rotatable bonds is 4. The lowest BCUT2D eigenvalue weighted by atomic mass is 9.95. The van der Waals surface area contributed by atoms with Crippen LogP contribution >= 0.6 is 0 Å². The molecule has 0 radical (unpaired) electrons. The van der Waals surface area contributed by atoms with Crippen LogP contribution in [0.5, 0.6) is 5.75 Å². The van der Waals surface area contributed by atoms with Gasteiger partial charge in [-0.25, -0.2) is 4.98 Å². The molecule has 1 aliphatic heterocycles. The molecule has 0 aliphatic carbocycles. The number of hydrogen-bond acceptors (Lipinski definition) is 3. The molecule has 5 nitrogen and oxygen atoms in total. The summed E-state index contributed by atoms with van der Waals surface area (Å²) in [5.41, 5.74) is 3.08. The van der Waals surface area contributed by atoms with E-state index >= 15 is 0 Å². The molecular formula is C20H19N3O2. The molecule has 2 heterocycles. The molecule has 0 spiro atoms. The molecule has 1 N–H and O–H groups in total. The van der Waals surface area contributed by atoms with E-state index in [1.165, 1.54) is 0 Å². The lowest BCUT2D eigenvalue weighted by Gasteiger charge is -2.35. The summed E-state index contributed by atoms with van der Waals surface area (Å²) in [6, 6.07) is 19.2. The highest BCUT2D eigenvalue weighted by atomic mass is 16.5. The number of benzene rings is 2. The molecule has 0 fully saturated rings. The van der Waals surface area contributed by atoms with Gasteiger partial charge >= 0.3 is 0 Å². The van der Waals surface area contributed by atoms with Crippen LogP contribution in [0.15, 0.2) is 67.0 Å². The highest BCUT2D eigenvalue weighted by molar-refractivity contribution is 5.79. The molecule has 5 heteroatoms. The summed E-state index contributed by atoms with van der Waals surface area (Å²) >= 11 is 0. The number of nitrogens with zero attached hydrogens (tertiary/aromatic N) is 2. The van der Waals surface area contributed by atoms with Crippen molar-refractivity contribution in [2.24, 2.45) is 0 Å². The number of carbonyl (C=O) groups excluding carboxylic acids is 1. The lowest BCUT2D eigenvalue weighted by molar-refractivity contribution is -0.135. The smallest absolute Gasteiger partial charge is 0.261 e. The molecule has 3 aromatic rings. The molecule has 1 atom stereocenters. The fourth-order valence-electron chi connectivity index (χ4n) is 3.26. The Balaban J connectivity index is 1.58.